The zero-order chi connectivity index (χ0) is 16.5. The first-order valence-corrected chi connectivity index (χ1v) is 6.58. The lowest BCUT2D eigenvalue weighted by atomic mass is 10.1. The first kappa shape index (κ1) is 17.3. The van der Waals surface area contributed by atoms with E-state index in [2.05, 4.69) is 10.5 Å². The molecule has 0 fully saturated rings. The van der Waals surface area contributed by atoms with Gasteiger partial charge in [0.2, 0.25) is 0 Å². The number of anilines is 2. The van der Waals surface area contributed by atoms with Crippen molar-refractivity contribution in [1.82, 2.24) is 0 Å². The van der Waals surface area contributed by atoms with E-state index in [0.29, 0.717) is 12.7 Å². The number of nitrogens with zero attached hydrogens (tertiary/aromatic N) is 2. The van der Waals surface area contributed by atoms with Crippen molar-refractivity contribution in [2.45, 2.75) is 6.92 Å². The molecule has 0 bridgehead atoms. The smallest absolute Gasteiger partial charge is 0.255 e. The highest BCUT2D eigenvalue weighted by molar-refractivity contribution is 6.04. The van der Waals surface area contributed by atoms with E-state index in [4.69, 9.17) is 5.53 Å². The maximum Gasteiger partial charge on any atom is 0.255 e. The molecule has 22 heavy (non-hydrogen) atoms. The van der Waals surface area contributed by atoms with Gasteiger partial charge in [0.05, 0.1) is 12.9 Å². The molecule has 2 N–H and O–H groups in total. The molecule has 0 heterocycles. The van der Waals surface area contributed by atoms with E-state index >= 15 is 0 Å². The normalized spacial score (nSPS) is 9.27. The van der Waals surface area contributed by atoms with E-state index < -0.39 is 0 Å². The topological polar surface area (TPSA) is 68.6 Å². The molecule has 1 amide bonds. The predicted octanol–water partition coefficient (Wildman–Crippen LogP) is 4.22. The molecule has 116 valence electrons. The maximum atomic E-state index is 12.1. The Balaban J connectivity index is 0.00000116. The Morgan fingerprint density at radius 2 is 1.82 bits per heavy atom. The predicted molar refractivity (Wildman–Crippen MR) is 86.2 cm³/mol. The highest BCUT2D eigenvalue weighted by Crippen LogP contribution is 2.21. The highest BCUT2D eigenvalue weighted by Gasteiger charge is 2.10. The summed E-state index contributed by atoms with van der Waals surface area (Å²) in [6, 6.07) is 14.6. The summed E-state index contributed by atoms with van der Waals surface area (Å²) in [6.45, 7) is 1.89. The minimum Gasteiger partial charge on any atom is -0.322 e. The number of benzene rings is 2. The lowest BCUT2D eigenvalue weighted by Gasteiger charge is -2.14. The van der Waals surface area contributed by atoms with Crippen LogP contribution in [0.15, 0.2) is 53.8 Å². The van der Waals surface area contributed by atoms with Gasteiger partial charge >= 0.3 is 0 Å². The minimum atomic E-state index is -0.156. The second-order valence-corrected chi connectivity index (χ2v) is 4.45. The van der Waals surface area contributed by atoms with Gasteiger partial charge in [-0.15, -0.1) is 0 Å². The van der Waals surface area contributed by atoms with Crippen molar-refractivity contribution in [3.05, 3.63) is 59.7 Å². The fourth-order valence-corrected chi connectivity index (χ4v) is 1.94. The number of carbonyl (C=O) groups is 1. The van der Waals surface area contributed by atoms with Gasteiger partial charge in [-0.1, -0.05) is 23.4 Å². The second-order valence-electron chi connectivity index (χ2n) is 4.45. The van der Waals surface area contributed by atoms with Gasteiger partial charge in [-0.25, -0.2) is 0 Å². The van der Waals surface area contributed by atoms with Crippen LogP contribution in [0.1, 0.15) is 15.9 Å². The summed E-state index contributed by atoms with van der Waals surface area (Å²) < 4.78 is 9.50. The maximum absolute atomic E-state index is 12.1. The molecule has 6 heteroatoms. The van der Waals surface area contributed by atoms with Crippen molar-refractivity contribution < 1.29 is 9.18 Å². The van der Waals surface area contributed by atoms with Gasteiger partial charge in [0, 0.05) is 18.3 Å². The number of nitrogens with one attached hydrogen (secondary N) is 2. The molecule has 0 aliphatic carbocycles. The molecule has 0 aromatic heterocycles. The van der Waals surface area contributed by atoms with E-state index in [1.807, 2.05) is 37.3 Å². The Bertz CT molecular complexity index is 631. The number of halogens is 1. The second kappa shape index (κ2) is 8.51. The molecule has 2 aromatic carbocycles. The third-order valence-corrected chi connectivity index (χ3v) is 2.99. The molecule has 0 saturated carbocycles. The molecular formula is C16H19FN4O. The van der Waals surface area contributed by atoms with Crippen LogP contribution >= 0.6 is 0 Å². The Kier molecular flexibility index (Phi) is 6.69. The minimum absolute atomic E-state index is 0.156. The number of para-hydroxylation sites is 1. The molecule has 2 aromatic rings. The Labute approximate surface area is 129 Å². The Morgan fingerprint density at radius 3 is 2.36 bits per heavy atom. The third-order valence-electron chi connectivity index (χ3n) is 2.99. The fraction of sp³-hybridized carbons (Fsp3) is 0.188. The summed E-state index contributed by atoms with van der Waals surface area (Å²) in [4.78, 5) is 12.1. The highest BCUT2D eigenvalue weighted by atomic mass is 19.1. The molecule has 2 rings (SSSR count). The van der Waals surface area contributed by atoms with Crippen molar-refractivity contribution in [3.8, 4) is 0 Å². The van der Waals surface area contributed by atoms with Gasteiger partial charge in [-0.3, -0.25) is 14.2 Å². The van der Waals surface area contributed by atoms with Crippen LogP contribution in [0.3, 0.4) is 0 Å². The van der Waals surface area contributed by atoms with Crippen molar-refractivity contribution in [1.29, 1.82) is 5.53 Å². The largest absolute Gasteiger partial charge is 0.322 e. The summed E-state index contributed by atoms with van der Waals surface area (Å²) in [5, 5.41) is 7.63. The molecule has 0 atom stereocenters. The number of hydrogen-bond donors (Lipinski definition) is 2. The zero-order valence-corrected chi connectivity index (χ0v) is 12.8. The monoisotopic (exact) mass is 302 g/mol. The van der Waals surface area contributed by atoms with Crippen LogP contribution in [0.25, 0.3) is 0 Å². The summed E-state index contributed by atoms with van der Waals surface area (Å²) in [5.41, 5.74) is 10.0. The van der Waals surface area contributed by atoms with Crippen LogP contribution in [0.4, 0.5) is 15.8 Å². The van der Waals surface area contributed by atoms with Crippen molar-refractivity contribution in [2.24, 2.45) is 5.22 Å². The van der Waals surface area contributed by atoms with Crippen LogP contribution < -0.4 is 10.3 Å². The van der Waals surface area contributed by atoms with Crippen molar-refractivity contribution in [3.63, 3.8) is 0 Å². The average Bonchev–Trinajstić information content (AvgIpc) is 2.56. The van der Waals surface area contributed by atoms with E-state index in [9.17, 15) is 9.18 Å². The number of carbonyl (C=O) groups excluding carboxylic acids is 1. The first-order valence-electron chi connectivity index (χ1n) is 6.58. The fourth-order valence-electron chi connectivity index (χ4n) is 1.94. The van der Waals surface area contributed by atoms with Crippen molar-refractivity contribution >= 4 is 17.3 Å². The molecule has 0 spiro atoms. The lowest BCUT2D eigenvalue weighted by Crippen LogP contribution is -2.13. The van der Waals surface area contributed by atoms with Crippen LogP contribution in [0.2, 0.25) is 0 Å². The first-order chi connectivity index (χ1) is 10.6. The molecule has 0 aliphatic rings. The van der Waals surface area contributed by atoms with E-state index in [1.54, 1.807) is 25.2 Å². The van der Waals surface area contributed by atoms with Crippen molar-refractivity contribution in [2.75, 3.05) is 24.6 Å². The standard InChI is InChI=1S/C15H16N4O.CH3F/c1-11-10-12(8-9-14(11)19(2)18-16)15(20)17-13-6-4-3-5-7-13;1-2/h3-10,16H,1-2H3,(H,17,20);1H3. The number of alkyl halides is 1. The van der Waals surface area contributed by atoms with Gasteiger partial charge in [-0.05, 0) is 42.8 Å². The molecule has 0 aliphatic heterocycles. The van der Waals surface area contributed by atoms with Crippen LogP contribution in [0, 0.1) is 12.5 Å². The van der Waals surface area contributed by atoms with Gasteiger partial charge in [0.25, 0.3) is 5.91 Å². The molecule has 0 saturated heterocycles. The lowest BCUT2D eigenvalue weighted by molar-refractivity contribution is 0.102. The van der Waals surface area contributed by atoms with Crippen LogP contribution in [0.5, 0.6) is 0 Å². The molecule has 0 unspecified atom stereocenters. The quantitative estimate of drug-likeness (QED) is 0.656. The third kappa shape index (κ3) is 4.37. The number of amides is 1. The van der Waals surface area contributed by atoms with E-state index in [1.165, 1.54) is 5.01 Å². The number of hydrogen-bond acceptors (Lipinski definition) is 3. The SMILES string of the molecule is CF.Cc1cc(C(=O)Nc2ccccc2)ccc1N(C)N=N. The van der Waals surface area contributed by atoms with Gasteiger partial charge in [0.1, 0.15) is 0 Å². The molecule has 5 nitrogen and oxygen atoms in total. The van der Waals surface area contributed by atoms with E-state index in [0.717, 1.165) is 16.9 Å². The summed E-state index contributed by atoms with van der Waals surface area (Å²) in [6.07, 6.45) is 0. The Hall–Kier alpha value is -2.76. The van der Waals surface area contributed by atoms with Crippen LogP contribution in [-0.2, 0) is 0 Å². The van der Waals surface area contributed by atoms with Gasteiger partial charge in [-0.2, -0.15) is 5.53 Å². The Morgan fingerprint density at radius 1 is 1.18 bits per heavy atom. The average molecular weight is 302 g/mol. The zero-order valence-electron chi connectivity index (χ0n) is 12.8. The molecular weight excluding hydrogens is 283 g/mol. The van der Waals surface area contributed by atoms with Crippen LogP contribution in [-0.4, -0.2) is 20.1 Å². The summed E-state index contributed by atoms with van der Waals surface area (Å²) >= 11 is 0. The summed E-state index contributed by atoms with van der Waals surface area (Å²) in [7, 11) is 2.19. The number of aryl methyl sites for hydroxylation is 1. The van der Waals surface area contributed by atoms with E-state index in [-0.39, 0.29) is 5.91 Å². The summed E-state index contributed by atoms with van der Waals surface area (Å²) in [5.74, 6) is -0.156. The molecule has 0 radical (unpaired) electrons. The van der Waals surface area contributed by atoms with Gasteiger partial charge in [0.15, 0.2) is 0 Å². The van der Waals surface area contributed by atoms with Gasteiger partial charge < -0.3 is 5.32 Å². The number of rotatable bonds is 4.